The molecule has 130 valence electrons. The zero-order valence-corrected chi connectivity index (χ0v) is 14.9. The maximum Gasteiger partial charge on any atom is 0.289 e. The standard InChI is InChI=1S/C18H23NO4S/c1-13(2)12-24(21,22)15-7-5-9-19(11-15)18(20)17-10-14-6-3-4-8-16(14)23-17/h3-4,6,8,10,13,15H,5,7,9,11-12H2,1-2H3. The fourth-order valence-corrected chi connectivity index (χ4v) is 5.39. The lowest BCUT2D eigenvalue weighted by molar-refractivity contribution is 0.0697. The summed E-state index contributed by atoms with van der Waals surface area (Å²) in [4.78, 5) is 14.3. The Bertz CT molecular complexity index is 805. The van der Waals surface area contributed by atoms with E-state index in [0.717, 1.165) is 5.39 Å². The van der Waals surface area contributed by atoms with Crippen molar-refractivity contribution < 1.29 is 17.6 Å². The smallest absolute Gasteiger partial charge is 0.289 e. The Balaban J connectivity index is 1.78. The van der Waals surface area contributed by atoms with Gasteiger partial charge in [0.1, 0.15) is 5.58 Å². The van der Waals surface area contributed by atoms with Gasteiger partial charge in [0.2, 0.25) is 0 Å². The molecular weight excluding hydrogens is 326 g/mol. The largest absolute Gasteiger partial charge is 0.451 e. The number of hydrogen-bond donors (Lipinski definition) is 0. The van der Waals surface area contributed by atoms with Crippen LogP contribution in [-0.2, 0) is 9.84 Å². The van der Waals surface area contributed by atoms with Crippen LogP contribution in [0.4, 0.5) is 0 Å². The molecule has 1 aliphatic heterocycles. The quantitative estimate of drug-likeness (QED) is 0.850. The average Bonchev–Trinajstić information content (AvgIpc) is 2.97. The highest BCUT2D eigenvalue weighted by molar-refractivity contribution is 7.92. The molecule has 0 saturated carbocycles. The number of amides is 1. The molecule has 1 aliphatic rings. The molecule has 1 aromatic carbocycles. The third-order valence-electron chi connectivity index (χ3n) is 4.38. The molecule has 0 aliphatic carbocycles. The fourth-order valence-electron chi connectivity index (χ4n) is 3.26. The van der Waals surface area contributed by atoms with Crippen molar-refractivity contribution in [1.29, 1.82) is 0 Å². The molecule has 0 bridgehead atoms. The van der Waals surface area contributed by atoms with Gasteiger partial charge in [-0.1, -0.05) is 32.0 Å². The molecule has 2 heterocycles. The van der Waals surface area contributed by atoms with E-state index >= 15 is 0 Å². The number of carbonyl (C=O) groups excluding carboxylic acids is 1. The van der Waals surface area contributed by atoms with Gasteiger partial charge in [0.05, 0.1) is 11.0 Å². The molecule has 1 amide bonds. The highest BCUT2D eigenvalue weighted by atomic mass is 32.2. The predicted octanol–water partition coefficient (Wildman–Crippen LogP) is 3.11. The summed E-state index contributed by atoms with van der Waals surface area (Å²) < 4.78 is 30.6. The SMILES string of the molecule is CC(C)CS(=O)(=O)C1CCCN(C(=O)c2cc3ccccc3o2)C1. The van der Waals surface area contributed by atoms with Crippen LogP contribution >= 0.6 is 0 Å². The van der Waals surface area contributed by atoms with Crippen LogP contribution in [0.2, 0.25) is 0 Å². The molecule has 1 unspecified atom stereocenters. The van der Waals surface area contributed by atoms with E-state index in [1.807, 2.05) is 38.1 Å². The van der Waals surface area contributed by atoms with E-state index in [-0.39, 0.29) is 29.9 Å². The number of para-hydroxylation sites is 1. The fraction of sp³-hybridized carbons (Fsp3) is 0.500. The molecule has 6 heteroatoms. The molecule has 1 fully saturated rings. The van der Waals surface area contributed by atoms with E-state index in [0.29, 0.717) is 25.0 Å². The second kappa shape index (κ2) is 6.59. The summed E-state index contributed by atoms with van der Waals surface area (Å²) in [6, 6.07) is 9.18. The topological polar surface area (TPSA) is 67.6 Å². The maximum atomic E-state index is 12.7. The lowest BCUT2D eigenvalue weighted by Gasteiger charge is -2.32. The van der Waals surface area contributed by atoms with Gasteiger partial charge in [-0.25, -0.2) is 8.42 Å². The summed E-state index contributed by atoms with van der Waals surface area (Å²) in [5, 5.41) is 0.406. The number of rotatable bonds is 4. The zero-order valence-electron chi connectivity index (χ0n) is 14.1. The van der Waals surface area contributed by atoms with Crippen LogP contribution in [0.25, 0.3) is 11.0 Å². The Kier molecular flexibility index (Phi) is 4.67. The number of nitrogens with zero attached hydrogens (tertiary/aromatic N) is 1. The van der Waals surface area contributed by atoms with Gasteiger partial charge in [0, 0.05) is 18.5 Å². The summed E-state index contributed by atoms with van der Waals surface area (Å²) in [5.74, 6) is 0.315. The Morgan fingerprint density at radius 2 is 2.08 bits per heavy atom. The molecule has 0 spiro atoms. The monoisotopic (exact) mass is 349 g/mol. The molecular formula is C18H23NO4S. The van der Waals surface area contributed by atoms with Gasteiger partial charge >= 0.3 is 0 Å². The summed E-state index contributed by atoms with van der Waals surface area (Å²) in [6.07, 6.45) is 1.33. The number of likely N-dealkylation sites (tertiary alicyclic amines) is 1. The first-order valence-corrected chi connectivity index (χ1v) is 10.1. The molecule has 1 aromatic heterocycles. The minimum atomic E-state index is -3.18. The zero-order chi connectivity index (χ0) is 17.3. The van der Waals surface area contributed by atoms with Crippen LogP contribution in [0.15, 0.2) is 34.7 Å². The summed E-state index contributed by atoms with van der Waals surface area (Å²) in [5.41, 5.74) is 0.668. The van der Waals surface area contributed by atoms with Gasteiger partial charge in [0.25, 0.3) is 5.91 Å². The van der Waals surface area contributed by atoms with Crippen molar-refractivity contribution in [3.63, 3.8) is 0 Å². The average molecular weight is 349 g/mol. The van der Waals surface area contributed by atoms with Crippen LogP contribution in [0, 0.1) is 5.92 Å². The minimum Gasteiger partial charge on any atom is -0.451 e. The first-order valence-electron chi connectivity index (χ1n) is 8.36. The van der Waals surface area contributed by atoms with E-state index in [9.17, 15) is 13.2 Å². The number of benzene rings is 1. The Morgan fingerprint density at radius 1 is 1.33 bits per heavy atom. The second-order valence-corrected chi connectivity index (χ2v) is 9.21. The van der Waals surface area contributed by atoms with E-state index in [2.05, 4.69) is 0 Å². The number of hydrogen-bond acceptors (Lipinski definition) is 4. The molecule has 0 N–H and O–H groups in total. The lowest BCUT2D eigenvalue weighted by atomic mass is 10.1. The molecule has 1 saturated heterocycles. The highest BCUT2D eigenvalue weighted by Crippen LogP contribution is 2.24. The van der Waals surface area contributed by atoms with E-state index in [1.165, 1.54) is 0 Å². The van der Waals surface area contributed by atoms with Gasteiger partial charge in [-0.05, 0) is 30.9 Å². The Morgan fingerprint density at radius 3 is 2.79 bits per heavy atom. The second-order valence-electron chi connectivity index (χ2n) is 6.89. The van der Waals surface area contributed by atoms with Gasteiger partial charge in [-0.2, -0.15) is 0 Å². The number of furan rings is 1. The Hall–Kier alpha value is -1.82. The van der Waals surface area contributed by atoms with E-state index < -0.39 is 15.1 Å². The third-order valence-corrected chi connectivity index (χ3v) is 6.91. The van der Waals surface area contributed by atoms with Gasteiger partial charge in [-0.3, -0.25) is 4.79 Å². The van der Waals surface area contributed by atoms with Gasteiger partial charge < -0.3 is 9.32 Å². The van der Waals surface area contributed by atoms with Crippen molar-refractivity contribution in [2.24, 2.45) is 5.92 Å². The van der Waals surface area contributed by atoms with Crippen LogP contribution in [-0.4, -0.2) is 43.3 Å². The molecule has 24 heavy (non-hydrogen) atoms. The molecule has 1 atom stereocenters. The number of carbonyl (C=O) groups is 1. The maximum absolute atomic E-state index is 12.7. The third kappa shape index (κ3) is 3.48. The highest BCUT2D eigenvalue weighted by Gasteiger charge is 2.34. The molecule has 3 rings (SSSR count). The van der Waals surface area contributed by atoms with E-state index in [4.69, 9.17) is 4.42 Å². The predicted molar refractivity (Wildman–Crippen MR) is 93.8 cm³/mol. The van der Waals surface area contributed by atoms with Crippen LogP contribution in [0.3, 0.4) is 0 Å². The van der Waals surface area contributed by atoms with Crippen LogP contribution in [0.1, 0.15) is 37.2 Å². The summed E-state index contributed by atoms with van der Waals surface area (Å²) in [6.45, 7) is 4.63. The normalized spacial score (nSPS) is 19.1. The first kappa shape index (κ1) is 17.0. The summed E-state index contributed by atoms with van der Waals surface area (Å²) in [7, 11) is -3.18. The van der Waals surface area contributed by atoms with Crippen molar-refractivity contribution in [3.8, 4) is 0 Å². The number of piperidine rings is 1. The molecule has 0 radical (unpaired) electrons. The van der Waals surface area contributed by atoms with Gasteiger partial charge in [-0.15, -0.1) is 0 Å². The van der Waals surface area contributed by atoms with Crippen molar-refractivity contribution in [2.75, 3.05) is 18.8 Å². The Labute approximate surface area is 142 Å². The minimum absolute atomic E-state index is 0.0939. The first-order chi connectivity index (χ1) is 11.4. The molecule has 2 aromatic rings. The summed E-state index contributed by atoms with van der Waals surface area (Å²) >= 11 is 0. The lowest BCUT2D eigenvalue weighted by Crippen LogP contribution is -2.46. The van der Waals surface area contributed by atoms with Crippen molar-refractivity contribution in [2.45, 2.75) is 31.9 Å². The van der Waals surface area contributed by atoms with Crippen molar-refractivity contribution >= 4 is 26.7 Å². The van der Waals surface area contributed by atoms with Crippen molar-refractivity contribution in [3.05, 3.63) is 36.1 Å². The van der Waals surface area contributed by atoms with Gasteiger partial charge in [0.15, 0.2) is 15.6 Å². The van der Waals surface area contributed by atoms with Crippen LogP contribution in [0.5, 0.6) is 0 Å². The van der Waals surface area contributed by atoms with E-state index in [1.54, 1.807) is 11.0 Å². The number of fused-ring (bicyclic) bond motifs is 1. The van der Waals surface area contributed by atoms with Crippen LogP contribution < -0.4 is 0 Å². The van der Waals surface area contributed by atoms with Crippen molar-refractivity contribution in [1.82, 2.24) is 4.90 Å². The number of sulfone groups is 1. The molecule has 5 nitrogen and oxygen atoms in total.